The van der Waals surface area contributed by atoms with E-state index in [0.29, 0.717) is 35.6 Å². The second-order valence-corrected chi connectivity index (χ2v) is 23.5. The molecular formula is C72H78N6O6+2. The van der Waals surface area contributed by atoms with Gasteiger partial charge in [0, 0.05) is 47.2 Å². The van der Waals surface area contributed by atoms with Crippen LogP contribution < -0.4 is 28.7 Å². The highest BCUT2D eigenvalue weighted by atomic mass is 16.5. The van der Waals surface area contributed by atoms with Crippen LogP contribution in [0.5, 0.6) is 23.0 Å². The van der Waals surface area contributed by atoms with Crippen molar-refractivity contribution < 1.29 is 37.5 Å². The minimum Gasteiger partial charge on any atom is -0.497 e. The smallest absolute Gasteiger partial charge is 0.261 e. The zero-order chi connectivity index (χ0) is 59.1. The van der Waals surface area contributed by atoms with Crippen molar-refractivity contribution in [1.29, 1.82) is 0 Å². The Hall–Kier alpha value is -9.10. The predicted octanol–water partition coefficient (Wildman–Crippen LogP) is 14.8. The molecule has 0 unspecified atom stereocenters. The summed E-state index contributed by atoms with van der Waals surface area (Å²) in [6.07, 6.45) is 3.45. The van der Waals surface area contributed by atoms with E-state index in [2.05, 4.69) is 198 Å². The van der Waals surface area contributed by atoms with Gasteiger partial charge >= 0.3 is 0 Å². The maximum absolute atomic E-state index is 15.4. The second kappa shape index (κ2) is 25.2. The number of methoxy groups -OCH3 is 4. The molecule has 0 aromatic heterocycles. The van der Waals surface area contributed by atoms with Crippen LogP contribution in [-0.4, -0.2) is 127 Å². The van der Waals surface area contributed by atoms with Crippen molar-refractivity contribution in [3.63, 3.8) is 0 Å². The van der Waals surface area contributed by atoms with Crippen molar-refractivity contribution in [1.82, 2.24) is 9.80 Å². The molecule has 2 aliphatic heterocycles. The third-order valence-electron chi connectivity index (χ3n) is 15.7. The molecule has 84 heavy (non-hydrogen) atoms. The molecule has 0 atom stereocenters. The summed E-state index contributed by atoms with van der Waals surface area (Å²) in [5.74, 6) is 2.89. The summed E-state index contributed by atoms with van der Waals surface area (Å²) in [4.78, 5) is 39.0. The van der Waals surface area contributed by atoms with Gasteiger partial charge in [0.2, 0.25) is 0 Å². The van der Waals surface area contributed by atoms with Gasteiger partial charge in [0.25, 0.3) is 11.8 Å². The van der Waals surface area contributed by atoms with E-state index in [1.54, 1.807) is 28.4 Å². The third-order valence-corrected chi connectivity index (χ3v) is 15.7. The molecule has 0 saturated carbocycles. The van der Waals surface area contributed by atoms with Gasteiger partial charge in [-0.25, -0.2) is 0 Å². The van der Waals surface area contributed by atoms with Crippen molar-refractivity contribution in [2.75, 3.05) is 107 Å². The Morgan fingerprint density at radius 3 is 0.750 bits per heavy atom. The average molecular weight is 1120 g/mol. The fraction of sp³-hybridized carbons (Fsp3) is 0.250. The largest absolute Gasteiger partial charge is 0.497 e. The zero-order valence-corrected chi connectivity index (χ0v) is 50.3. The number of carbonyl (C=O) groups is 2. The molecular weight excluding hydrogens is 1040 g/mol. The lowest BCUT2D eigenvalue weighted by Crippen LogP contribution is -2.36. The third kappa shape index (κ3) is 12.9. The van der Waals surface area contributed by atoms with Gasteiger partial charge in [-0.3, -0.25) is 9.59 Å². The lowest BCUT2D eigenvalue weighted by Gasteiger charge is -2.27. The van der Waals surface area contributed by atoms with Gasteiger partial charge in [0.1, 0.15) is 23.0 Å². The number of fused-ring (bicyclic) bond motifs is 1. The molecule has 0 aliphatic carbocycles. The van der Waals surface area contributed by atoms with Crippen LogP contribution in [0.3, 0.4) is 0 Å². The lowest BCUT2D eigenvalue weighted by atomic mass is 9.98. The van der Waals surface area contributed by atoms with Gasteiger partial charge in [0.15, 0.2) is 0 Å². The van der Waals surface area contributed by atoms with Gasteiger partial charge in [-0.2, -0.15) is 0 Å². The number of amides is 2. The average Bonchev–Trinajstić information content (AvgIpc) is 1.80. The molecule has 2 heterocycles. The van der Waals surface area contributed by atoms with E-state index in [1.807, 2.05) is 58.3 Å². The molecule has 0 spiro atoms. The summed E-state index contributed by atoms with van der Waals surface area (Å²) in [5, 5.41) is 0. The first-order valence-corrected chi connectivity index (χ1v) is 28.9. The SMILES string of the molecule is COc1ccc(N(c2ccc(OC)cc2)c2ccc(-c3ccc(C4=C5C(=O)N(CCCC[N+](C)(C)C)C(c6ccc(-c7ccc(N(c8ccc(OC)cc8)c8ccc(OC)cc8)cc7)cc6)=C5C(=O)N4CCCC[N+](C)(C)C)cc3)cc2)cc1. The minimum absolute atomic E-state index is 0.127. The summed E-state index contributed by atoms with van der Waals surface area (Å²) in [6, 6.07) is 65.9. The molecule has 12 heteroatoms. The Morgan fingerprint density at radius 1 is 0.310 bits per heavy atom. The van der Waals surface area contributed by atoms with E-state index in [4.69, 9.17) is 18.9 Å². The second-order valence-electron chi connectivity index (χ2n) is 23.5. The first-order chi connectivity index (χ1) is 40.5. The lowest BCUT2D eigenvalue weighted by molar-refractivity contribution is -0.870. The van der Waals surface area contributed by atoms with Crippen LogP contribution in [0.25, 0.3) is 33.6 Å². The molecule has 0 bridgehead atoms. The highest BCUT2D eigenvalue weighted by molar-refractivity contribution is 6.30. The molecule has 8 aromatic carbocycles. The van der Waals surface area contributed by atoms with Crippen LogP contribution in [0.1, 0.15) is 36.8 Å². The van der Waals surface area contributed by atoms with Gasteiger partial charge in [0.05, 0.1) is 106 Å². The maximum atomic E-state index is 15.4. The number of rotatable bonds is 24. The van der Waals surface area contributed by atoms with Crippen LogP contribution in [0.4, 0.5) is 34.1 Å². The zero-order valence-electron chi connectivity index (χ0n) is 50.3. The van der Waals surface area contributed by atoms with E-state index >= 15 is 9.59 Å². The number of anilines is 6. The fourth-order valence-corrected chi connectivity index (χ4v) is 11.2. The highest BCUT2D eigenvalue weighted by Crippen LogP contribution is 2.48. The normalized spacial score (nSPS) is 13.4. The molecule has 10 rings (SSSR count). The Labute approximate surface area is 496 Å². The highest BCUT2D eigenvalue weighted by Gasteiger charge is 2.48. The topological polar surface area (TPSA) is 84.0 Å². The van der Waals surface area contributed by atoms with E-state index in [0.717, 1.165) is 138 Å². The van der Waals surface area contributed by atoms with E-state index in [-0.39, 0.29) is 11.8 Å². The standard InChI is InChI=1S/C72H78N6O6/c1-77(2,3)49-13-11-47-73-69(55-19-15-51(16-20-55)53-23-27-57(28-24-53)75(59-31-39-63(81-7)40-32-59)60-33-41-64(82-8)42-34-60)67-68(71(73)79)70(74(72(67)80)48-12-14-50-78(4,5)6)56-21-17-52(18-22-56)54-25-29-58(30-26-54)76(61-35-43-65(83-9)44-36-61)62-37-45-66(84-10)46-38-62/h15-46H,11-14,47-50H2,1-10H3/q+2. The van der Waals surface area contributed by atoms with Crippen molar-refractivity contribution >= 4 is 57.3 Å². The number of nitrogens with zero attached hydrogens (tertiary/aromatic N) is 6. The monoisotopic (exact) mass is 1120 g/mol. The van der Waals surface area contributed by atoms with E-state index < -0.39 is 0 Å². The molecule has 12 nitrogen and oxygen atoms in total. The summed E-state index contributed by atoms with van der Waals surface area (Å²) >= 11 is 0. The van der Waals surface area contributed by atoms with Crippen LogP contribution in [0.2, 0.25) is 0 Å². The first-order valence-electron chi connectivity index (χ1n) is 28.9. The van der Waals surface area contributed by atoms with Crippen LogP contribution in [0, 0.1) is 0 Å². The minimum atomic E-state index is -0.127. The number of carbonyl (C=O) groups excluding carboxylic acids is 2. The quantitative estimate of drug-likeness (QED) is 0.0437. The predicted molar refractivity (Wildman–Crippen MR) is 341 cm³/mol. The summed E-state index contributed by atoms with van der Waals surface area (Å²) in [7, 11) is 19.8. The summed E-state index contributed by atoms with van der Waals surface area (Å²) < 4.78 is 23.6. The van der Waals surface area contributed by atoms with Crippen molar-refractivity contribution in [2.45, 2.75) is 25.7 Å². The Balaban J connectivity index is 0.990. The molecule has 2 aliphatic rings. The molecule has 0 saturated heterocycles. The Kier molecular flexibility index (Phi) is 17.4. The molecule has 430 valence electrons. The molecule has 0 radical (unpaired) electrons. The van der Waals surface area contributed by atoms with Gasteiger partial charge in [-0.15, -0.1) is 0 Å². The molecule has 0 fully saturated rings. The molecule has 2 amide bonds. The van der Waals surface area contributed by atoms with E-state index in [1.165, 1.54) is 0 Å². The summed E-state index contributed by atoms with van der Waals surface area (Å²) in [6.45, 7) is 2.92. The fourth-order valence-electron chi connectivity index (χ4n) is 11.2. The van der Waals surface area contributed by atoms with Crippen molar-refractivity contribution in [2.24, 2.45) is 0 Å². The van der Waals surface area contributed by atoms with Gasteiger partial charge < -0.3 is 47.5 Å². The van der Waals surface area contributed by atoms with Gasteiger partial charge in [-0.05, 0) is 180 Å². The number of quaternary nitrogens is 2. The Bertz CT molecular complexity index is 3280. The van der Waals surface area contributed by atoms with Crippen LogP contribution >= 0.6 is 0 Å². The van der Waals surface area contributed by atoms with Gasteiger partial charge in [-0.1, -0.05) is 72.8 Å². The van der Waals surface area contributed by atoms with Crippen molar-refractivity contribution in [3.8, 4) is 45.3 Å². The number of ether oxygens (including phenoxy) is 4. The first kappa shape index (κ1) is 58.1. The number of hydrogen-bond donors (Lipinski definition) is 0. The Morgan fingerprint density at radius 2 is 0.524 bits per heavy atom. The number of benzene rings is 8. The van der Waals surface area contributed by atoms with Crippen LogP contribution in [-0.2, 0) is 9.59 Å². The number of hydrogen-bond acceptors (Lipinski definition) is 8. The van der Waals surface area contributed by atoms with Crippen molar-refractivity contribution in [3.05, 3.63) is 216 Å². The van der Waals surface area contributed by atoms with E-state index in [9.17, 15) is 0 Å². The summed E-state index contributed by atoms with van der Waals surface area (Å²) in [5.41, 5.74) is 14.0. The number of unbranched alkanes of at least 4 members (excludes halogenated alkanes) is 2. The maximum Gasteiger partial charge on any atom is 0.261 e. The van der Waals surface area contributed by atoms with Crippen LogP contribution in [0.15, 0.2) is 205 Å². The molecule has 8 aromatic rings. The molecule has 0 N–H and O–H groups in total.